The quantitative estimate of drug-likeness (QED) is 0.479. The fourth-order valence-electron chi connectivity index (χ4n) is 3.15. The molecule has 27 heavy (non-hydrogen) atoms. The van der Waals surface area contributed by atoms with Crippen LogP contribution in [-0.2, 0) is 17.8 Å². The highest BCUT2D eigenvalue weighted by atomic mass is 16.6. The number of hydrogen-bond acceptors (Lipinski definition) is 5. The average molecular weight is 369 g/mol. The standard InChI is InChI=1S/C19H19N3O5/c1-19(11-14-5-3-4-6-16(14)27-2)17(23)21(18(24)20-19)12-13-7-9-15(10-8-13)22(25)26/h3-10H,11-12H2,1-2H3,(H,20,24)/t19-/m0/s1. The second-order valence-electron chi connectivity index (χ2n) is 6.57. The minimum Gasteiger partial charge on any atom is -0.496 e. The van der Waals surface area contributed by atoms with Crippen LogP contribution in [0.4, 0.5) is 10.5 Å². The number of nitrogens with one attached hydrogen (secondary N) is 1. The number of nitro benzene ring substituents is 1. The zero-order chi connectivity index (χ0) is 19.6. The van der Waals surface area contributed by atoms with E-state index in [0.29, 0.717) is 17.7 Å². The van der Waals surface area contributed by atoms with E-state index in [9.17, 15) is 19.7 Å². The predicted molar refractivity (Wildman–Crippen MR) is 97.3 cm³/mol. The van der Waals surface area contributed by atoms with Crippen molar-refractivity contribution in [3.05, 3.63) is 69.8 Å². The molecule has 1 N–H and O–H groups in total. The molecule has 0 unspecified atom stereocenters. The molecular formula is C19H19N3O5. The monoisotopic (exact) mass is 369 g/mol. The first kappa shape index (κ1) is 18.4. The van der Waals surface area contributed by atoms with Gasteiger partial charge < -0.3 is 10.1 Å². The van der Waals surface area contributed by atoms with Crippen LogP contribution in [0.1, 0.15) is 18.1 Å². The topological polar surface area (TPSA) is 102 Å². The molecule has 1 aliphatic rings. The van der Waals surface area contributed by atoms with Gasteiger partial charge in [-0.25, -0.2) is 4.79 Å². The van der Waals surface area contributed by atoms with Gasteiger partial charge in [0.15, 0.2) is 0 Å². The minimum atomic E-state index is -1.09. The molecule has 1 atom stereocenters. The Bertz CT molecular complexity index is 896. The number of urea groups is 1. The number of benzene rings is 2. The van der Waals surface area contributed by atoms with E-state index < -0.39 is 16.5 Å². The number of para-hydroxylation sites is 1. The number of imide groups is 1. The highest BCUT2D eigenvalue weighted by Crippen LogP contribution is 2.28. The molecule has 1 aliphatic heterocycles. The Balaban J connectivity index is 1.78. The van der Waals surface area contributed by atoms with Gasteiger partial charge in [0.25, 0.3) is 11.6 Å². The largest absolute Gasteiger partial charge is 0.496 e. The van der Waals surface area contributed by atoms with Crippen LogP contribution in [0.5, 0.6) is 5.75 Å². The number of non-ortho nitro benzene ring substituents is 1. The van der Waals surface area contributed by atoms with E-state index in [2.05, 4.69) is 5.32 Å². The lowest BCUT2D eigenvalue weighted by atomic mass is 9.92. The van der Waals surface area contributed by atoms with E-state index in [1.54, 1.807) is 20.1 Å². The van der Waals surface area contributed by atoms with E-state index in [0.717, 1.165) is 10.5 Å². The summed E-state index contributed by atoms with van der Waals surface area (Å²) >= 11 is 0. The van der Waals surface area contributed by atoms with Gasteiger partial charge in [-0.2, -0.15) is 0 Å². The molecule has 1 fully saturated rings. The lowest BCUT2D eigenvalue weighted by molar-refractivity contribution is -0.384. The highest BCUT2D eigenvalue weighted by Gasteiger charge is 2.47. The van der Waals surface area contributed by atoms with Gasteiger partial charge in [-0.15, -0.1) is 0 Å². The Labute approximate surface area is 155 Å². The summed E-state index contributed by atoms with van der Waals surface area (Å²) in [6, 6.07) is 12.6. The third kappa shape index (κ3) is 3.59. The van der Waals surface area contributed by atoms with Gasteiger partial charge in [-0.3, -0.25) is 19.8 Å². The number of carbonyl (C=O) groups is 2. The molecule has 0 aromatic heterocycles. The van der Waals surface area contributed by atoms with Crippen molar-refractivity contribution in [3.63, 3.8) is 0 Å². The molecule has 8 heteroatoms. The molecule has 1 heterocycles. The molecule has 3 rings (SSSR count). The fourth-order valence-corrected chi connectivity index (χ4v) is 3.15. The van der Waals surface area contributed by atoms with Gasteiger partial charge in [0.2, 0.25) is 0 Å². The lowest BCUT2D eigenvalue weighted by Crippen LogP contribution is -2.46. The Hall–Kier alpha value is -3.42. The van der Waals surface area contributed by atoms with Gasteiger partial charge in [0.1, 0.15) is 11.3 Å². The SMILES string of the molecule is COc1ccccc1C[C@]1(C)NC(=O)N(Cc2ccc([N+](=O)[O-])cc2)C1=O. The van der Waals surface area contributed by atoms with Crippen LogP contribution in [0.15, 0.2) is 48.5 Å². The van der Waals surface area contributed by atoms with Crippen molar-refractivity contribution in [1.82, 2.24) is 10.2 Å². The van der Waals surface area contributed by atoms with Crippen LogP contribution in [0, 0.1) is 10.1 Å². The van der Waals surface area contributed by atoms with Crippen LogP contribution in [-0.4, -0.2) is 34.4 Å². The molecule has 2 aromatic rings. The summed E-state index contributed by atoms with van der Waals surface area (Å²) in [7, 11) is 1.55. The molecule has 0 aliphatic carbocycles. The molecule has 2 aromatic carbocycles. The van der Waals surface area contributed by atoms with Crippen LogP contribution >= 0.6 is 0 Å². The van der Waals surface area contributed by atoms with Crippen molar-refractivity contribution in [2.45, 2.75) is 25.4 Å². The van der Waals surface area contributed by atoms with Crippen molar-refractivity contribution >= 4 is 17.6 Å². The molecule has 0 radical (unpaired) electrons. The number of nitrogens with zero attached hydrogens (tertiary/aromatic N) is 2. The molecule has 140 valence electrons. The third-order valence-corrected chi connectivity index (χ3v) is 4.57. The summed E-state index contributed by atoms with van der Waals surface area (Å²) in [4.78, 5) is 36.7. The third-order valence-electron chi connectivity index (χ3n) is 4.57. The highest BCUT2D eigenvalue weighted by molar-refractivity contribution is 6.06. The summed E-state index contributed by atoms with van der Waals surface area (Å²) in [6.45, 7) is 1.72. The first-order chi connectivity index (χ1) is 12.8. The molecule has 8 nitrogen and oxygen atoms in total. The molecule has 0 saturated carbocycles. The van der Waals surface area contributed by atoms with E-state index >= 15 is 0 Å². The normalized spacial score (nSPS) is 19.1. The smallest absolute Gasteiger partial charge is 0.325 e. The van der Waals surface area contributed by atoms with E-state index in [-0.39, 0.29) is 18.1 Å². The van der Waals surface area contributed by atoms with Crippen molar-refractivity contribution < 1.29 is 19.2 Å². The zero-order valence-corrected chi connectivity index (χ0v) is 15.0. The molecule has 0 bridgehead atoms. The molecular weight excluding hydrogens is 350 g/mol. The van der Waals surface area contributed by atoms with Gasteiger partial charge in [0.05, 0.1) is 18.6 Å². The van der Waals surface area contributed by atoms with Crippen molar-refractivity contribution in [3.8, 4) is 5.75 Å². The van der Waals surface area contributed by atoms with Crippen molar-refractivity contribution in [2.24, 2.45) is 0 Å². The Morgan fingerprint density at radius 3 is 2.44 bits per heavy atom. The summed E-state index contributed by atoms with van der Waals surface area (Å²) in [5, 5.41) is 13.5. The first-order valence-electron chi connectivity index (χ1n) is 8.33. The van der Waals surface area contributed by atoms with Gasteiger partial charge in [-0.1, -0.05) is 30.3 Å². The molecule has 0 spiro atoms. The van der Waals surface area contributed by atoms with Crippen LogP contribution in [0.25, 0.3) is 0 Å². The molecule has 1 saturated heterocycles. The first-order valence-corrected chi connectivity index (χ1v) is 8.33. The van der Waals surface area contributed by atoms with Gasteiger partial charge >= 0.3 is 6.03 Å². The number of ether oxygens (including phenoxy) is 1. The maximum Gasteiger partial charge on any atom is 0.325 e. The zero-order valence-electron chi connectivity index (χ0n) is 15.0. The number of rotatable bonds is 6. The number of carbonyl (C=O) groups excluding carboxylic acids is 2. The predicted octanol–water partition coefficient (Wildman–Crippen LogP) is 2.66. The van der Waals surface area contributed by atoms with Crippen LogP contribution < -0.4 is 10.1 Å². The maximum atomic E-state index is 12.9. The summed E-state index contributed by atoms with van der Waals surface area (Å²) in [6.07, 6.45) is 0.290. The van der Waals surface area contributed by atoms with Gasteiger partial charge in [0, 0.05) is 18.6 Å². The summed E-state index contributed by atoms with van der Waals surface area (Å²) in [5.74, 6) is 0.298. The van der Waals surface area contributed by atoms with E-state index in [1.807, 2.05) is 18.2 Å². The van der Waals surface area contributed by atoms with E-state index in [1.165, 1.54) is 24.3 Å². The minimum absolute atomic E-state index is 0.0445. The number of nitro groups is 1. The molecule has 3 amide bonds. The van der Waals surface area contributed by atoms with Crippen LogP contribution in [0.2, 0.25) is 0 Å². The second kappa shape index (κ2) is 7.06. The van der Waals surface area contributed by atoms with E-state index in [4.69, 9.17) is 4.74 Å². The number of methoxy groups -OCH3 is 1. The number of amides is 3. The van der Waals surface area contributed by atoms with Crippen molar-refractivity contribution in [2.75, 3.05) is 7.11 Å². The average Bonchev–Trinajstić information content (AvgIpc) is 2.85. The van der Waals surface area contributed by atoms with Crippen molar-refractivity contribution in [1.29, 1.82) is 0 Å². The summed E-state index contributed by atoms with van der Waals surface area (Å²) < 4.78 is 5.32. The Kier molecular flexibility index (Phi) is 4.81. The second-order valence-corrected chi connectivity index (χ2v) is 6.57. The summed E-state index contributed by atoms with van der Waals surface area (Å²) in [5.41, 5.74) is 0.308. The Morgan fingerprint density at radius 1 is 1.15 bits per heavy atom. The lowest BCUT2D eigenvalue weighted by Gasteiger charge is -2.23. The van der Waals surface area contributed by atoms with Crippen LogP contribution in [0.3, 0.4) is 0 Å². The maximum absolute atomic E-state index is 12.9. The number of hydrogen-bond donors (Lipinski definition) is 1. The fraction of sp³-hybridized carbons (Fsp3) is 0.263. The van der Waals surface area contributed by atoms with Gasteiger partial charge in [-0.05, 0) is 24.1 Å². The Morgan fingerprint density at radius 2 is 1.81 bits per heavy atom.